The highest BCUT2D eigenvalue weighted by Gasteiger charge is 2.26. The van der Waals surface area contributed by atoms with E-state index in [1.54, 1.807) is 4.90 Å². The van der Waals surface area contributed by atoms with E-state index in [4.69, 9.17) is 0 Å². The van der Waals surface area contributed by atoms with Gasteiger partial charge in [0, 0.05) is 19.0 Å². The van der Waals surface area contributed by atoms with Crippen LogP contribution in [0.5, 0.6) is 0 Å². The van der Waals surface area contributed by atoms with Crippen LogP contribution in [0.4, 0.5) is 0 Å². The lowest BCUT2D eigenvalue weighted by molar-refractivity contribution is -0.140. The summed E-state index contributed by atoms with van der Waals surface area (Å²) in [5.74, 6) is -0.0967. The predicted molar refractivity (Wildman–Crippen MR) is 123 cm³/mol. The molecule has 0 heterocycles. The second kappa shape index (κ2) is 11.5. The summed E-state index contributed by atoms with van der Waals surface area (Å²) in [6, 6.07) is 16.1. The second-order valence-corrected chi connectivity index (χ2v) is 8.17. The van der Waals surface area contributed by atoms with Crippen LogP contribution in [0.3, 0.4) is 0 Å². The zero-order valence-corrected chi connectivity index (χ0v) is 19.1. The molecule has 30 heavy (non-hydrogen) atoms. The Morgan fingerprint density at radius 1 is 0.967 bits per heavy atom. The van der Waals surface area contributed by atoms with Crippen molar-refractivity contribution in [3.05, 3.63) is 70.8 Å². The van der Waals surface area contributed by atoms with Gasteiger partial charge in [-0.2, -0.15) is 0 Å². The molecule has 2 rings (SSSR count). The molecule has 0 saturated carbocycles. The summed E-state index contributed by atoms with van der Waals surface area (Å²) in [6.45, 7) is 10.4. The fraction of sp³-hybridized carbons (Fsp3) is 0.462. The lowest BCUT2D eigenvalue weighted by atomic mass is 10.0. The Morgan fingerprint density at radius 3 is 2.23 bits per heavy atom. The molecule has 0 radical (unpaired) electrons. The van der Waals surface area contributed by atoms with Gasteiger partial charge >= 0.3 is 0 Å². The third kappa shape index (κ3) is 7.01. The van der Waals surface area contributed by atoms with Gasteiger partial charge in [-0.25, -0.2) is 0 Å². The van der Waals surface area contributed by atoms with Gasteiger partial charge in [-0.1, -0.05) is 67.9 Å². The minimum atomic E-state index is -0.519. The largest absolute Gasteiger partial charge is 0.352 e. The van der Waals surface area contributed by atoms with Crippen molar-refractivity contribution in [3.63, 3.8) is 0 Å². The Morgan fingerprint density at radius 2 is 1.63 bits per heavy atom. The standard InChI is InChI=1S/C26H36N2O2/c1-6-20(4)27-26(30)21(5)28(18-24-10-8-9-19(3)17-24)25(29)16-15-23-13-11-22(7-2)12-14-23/h8-14,17,20-21H,6-7,15-16,18H2,1-5H3,(H,27,30)/t20-,21-/m0/s1. The molecule has 4 nitrogen and oxygen atoms in total. The monoisotopic (exact) mass is 408 g/mol. The molecule has 2 aromatic carbocycles. The Labute approximate surface area is 181 Å². The quantitative estimate of drug-likeness (QED) is 0.613. The average Bonchev–Trinajstić information content (AvgIpc) is 2.75. The fourth-order valence-corrected chi connectivity index (χ4v) is 3.39. The highest BCUT2D eigenvalue weighted by Crippen LogP contribution is 2.15. The third-order valence-electron chi connectivity index (χ3n) is 5.66. The molecule has 0 unspecified atom stereocenters. The van der Waals surface area contributed by atoms with E-state index >= 15 is 0 Å². The predicted octanol–water partition coefficient (Wildman–Crippen LogP) is 4.82. The minimum absolute atomic E-state index is 0.00266. The van der Waals surface area contributed by atoms with Gasteiger partial charge in [0.2, 0.25) is 11.8 Å². The number of aryl methyl sites for hydroxylation is 3. The highest BCUT2D eigenvalue weighted by molar-refractivity contribution is 5.87. The summed E-state index contributed by atoms with van der Waals surface area (Å²) < 4.78 is 0. The summed E-state index contributed by atoms with van der Waals surface area (Å²) in [5.41, 5.74) is 4.63. The molecule has 0 saturated heterocycles. The Kier molecular flexibility index (Phi) is 9.10. The highest BCUT2D eigenvalue weighted by atomic mass is 16.2. The van der Waals surface area contributed by atoms with Gasteiger partial charge in [0.05, 0.1) is 0 Å². The van der Waals surface area contributed by atoms with E-state index in [9.17, 15) is 9.59 Å². The lowest BCUT2D eigenvalue weighted by Gasteiger charge is -2.30. The molecule has 0 aliphatic heterocycles. The lowest BCUT2D eigenvalue weighted by Crippen LogP contribution is -2.49. The van der Waals surface area contributed by atoms with E-state index in [0.717, 1.165) is 29.5 Å². The van der Waals surface area contributed by atoms with Gasteiger partial charge in [0.15, 0.2) is 0 Å². The summed E-state index contributed by atoms with van der Waals surface area (Å²) in [6.07, 6.45) is 2.93. The number of hydrogen-bond acceptors (Lipinski definition) is 2. The molecule has 162 valence electrons. The SMILES string of the molecule is CCc1ccc(CCC(=O)N(Cc2cccc(C)c2)[C@@H](C)C(=O)N[C@@H](C)CC)cc1. The van der Waals surface area contributed by atoms with Crippen molar-refractivity contribution in [2.75, 3.05) is 0 Å². The normalized spacial score (nSPS) is 12.8. The second-order valence-electron chi connectivity index (χ2n) is 8.17. The van der Waals surface area contributed by atoms with Crippen LogP contribution < -0.4 is 5.32 Å². The number of carbonyl (C=O) groups excluding carboxylic acids is 2. The third-order valence-corrected chi connectivity index (χ3v) is 5.66. The number of nitrogens with one attached hydrogen (secondary N) is 1. The van der Waals surface area contributed by atoms with Crippen LogP contribution in [-0.4, -0.2) is 28.8 Å². The Bertz CT molecular complexity index is 829. The number of nitrogens with zero attached hydrogens (tertiary/aromatic N) is 1. The van der Waals surface area contributed by atoms with Crippen LogP contribution in [0.1, 0.15) is 62.8 Å². The molecule has 0 bridgehead atoms. The molecular weight excluding hydrogens is 372 g/mol. The first kappa shape index (κ1) is 23.7. The van der Waals surface area contributed by atoms with E-state index in [2.05, 4.69) is 42.6 Å². The van der Waals surface area contributed by atoms with Crippen molar-refractivity contribution < 1.29 is 9.59 Å². The molecular formula is C26H36N2O2. The molecule has 2 amide bonds. The molecule has 2 aromatic rings. The molecule has 1 N–H and O–H groups in total. The fourth-order valence-electron chi connectivity index (χ4n) is 3.39. The van der Waals surface area contributed by atoms with Crippen LogP contribution in [-0.2, 0) is 29.0 Å². The first-order chi connectivity index (χ1) is 14.3. The molecule has 4 heteroatoms. The number of amides is 2. The van der Waals surface area contributed by atoms with Gasteiger partial charge in [-0.3, -0.25) is 9.59 Å². The van der Waals surface area contributed by atoms with E-state index in [1.165, 1.54) is 5.56 Å². The topological polar surface area (TPSA) is 49.4 Å². The molecule has 0 fully saturated rings. The van der Waals surface area contributed by atoms with E-state index < -0.39 is 6.04 Å². The van der Waals surface area contributed by atoms with Gasteiger partial charge in [0.1, 0.15) is 6.04 Å². The smallest absolute Gasteiger partial charge is 0.242 e. The summed E-state index contributed by atoms with van der Waals surface area (Å²) in [7, 11) is 0. The Hall–Kier alpha value is -2.62. The van der Waals surface area contributed by atoms with Crippen molar-refractivity contribution in [2.24, 2.45) is 0 Å². The number of carbonyl (C=O) groups is 2. The van der Waals surface area contributed by atoms with Crippen molar-refractivity contribution >= 4 is 11.8 Å². The van der Waals surface area contributed by atoms with Crippen LogP contribution in [0.25, 0.3) is 0 Å². The van der Waals surface area contributed by atoms with Crippen LogP contribution in [0.15, 0.2) is 48.5 Å². The number of rotatable bonds is 10. The van der Waals surface area contributed by atoms with Crippen molar-refractivity contribution in [1.29, 1.82) is 0 Å². The van der Waals surface area contributed by atoms with Gasteiger partial charge in [0.25, 0.3) is 0 Å². The Balaban J connectivity index is 2.13. The zero-order valence-electron chi connectivity index (χ0n) is 19.1. The van der Waals surface area contributed by atoms with E-state index in [0.29, 0.717) is 19.4 Å². The first-order valence-corrected chi connectivity index (χ1v) is 11.1. The van der Waals surface area contributed by atoms with Gasteiger partial charge < -0.3 is 10.2 Å². The summed E-state index contributed by atoms with van der Waals surface area (Å²) >= 11 is 0. The van der Waals surface area contributed by atoms with Crippen LogP contribution >= 0.6 is 0 Å². The summed E-state index contributed by atoms with van der Waals surface area (Å²) in [4.78, 5) is 27.6. The molecule has 0 spiro atoms. The first-order valence-electron chi connectivity index (χ1n) is 11.1. The van der Waals surface area contributed by atoms with Gasteiger partial charge in [-0.05, 0) is 56.7 Å². The van der Waals surface area contributed by atoms with Crippen molar-refractivity contribution in [3.8, 4) is 0 Å². The average molecular weight is 409 g/mol. The molecule has 0 aliphatic carbocycles. The number of hydrogen-bond donors (Lipinski definition) is 1. The van der Waals surface area contributed by atoms with Crippen molar-refractivity contribution in [1.82, 2.24) is 10.2 Å². The van der Waals surface area contributed by atoms with E-state index in [-0.39, 0.29) is 17.9 Å². The zero-order chi connectivity index (χ0) is 22.1. The maximum Gasteiger partial charge on any atom is 0.242 e. The van der Waals surface area contributed by atoms with Gasteiger partial charge in [-0.15, -0.1) is 0 Å². The molecule has 2 atom stereocenters. The van der Waals surface area contributed by atoms with Crippen LogP contribution in [0, 0.1) is 6.92 Å². The minimum Gasteiger partial charge on any atom is -0.352 e. The maximum absolute atomic E-state index is 13.2. The van der Waals surface area contributed by atoms with E-state index in [1.807, 2.05) is 45.9 Å². The van der Waals surface area contributed by atoms with Crippen LogP contribution in [0.2, 0.25) is 0 Å². The molecule has 0 aliphatic rings. The summed E-state index contributed by atoms with van der Waals surface area (Å²) in [5, 5.41) is 3.02. The number of benzene rings is 2. The molecule has 0 aromatic heterocycles. The maximum atomic E-state index is 13.2. The van der Waals surface area contributed by atoms with Crippen molar-refractivity contribution in [2.45, 2.75) is 78.9 Å².